The van der Waals surface area contributed by atoms with Gasteiger partial charge in [-0.25, -0.2) is 0 Å². The fourth-order valence-electron chi connectivity index (χ4n) is 1.88. The van der Waals surface area contributed by atoms with Crippen LogP contribution in [0.5, 0.6) is 0 Å². The van der Waals surface area contributed by atoms with Crippen LogP contribution in [-0.4, -0.2) is 17.6 Å². The molecule has 0 aromatic heterocycles. The highest BCUT2D eigenvalue weighted by atomic mass is 35.5. The number of hydrogen-bond acceptors (Lipinski definition) is 2. The Kier molecular flexibility index (Phi) is 4.88. The number of anilines is 1. The topological polar surface area (TPSA) is 40.5 Å². The van der Waals surface area contributed by atoms with Crippen molar-refractivity contribution in [3.63, 3.8) is 0 Å². The van der Waals surface area contributed by atoms with Crippen LogP contribution in [0.25, 0.3) is 0 Å². The summed E-state index contributed by atoms with van der Waals surface area (Å²) < 4.78 is 0. The van der Waals surface area contributed by atoms with E-state index in [4.69, 9.17) is 28.3 Å². The Hall–Kier alpha value is -1.71. The number of halogens is 2. The summed E-state index contributed by atoms with van der Waals surface area (Å²) in [5.74, 6) is -0.890. The number of nitrogens with zero attached hydrogens (tertiary/aromatic N) is 1. The molecule has 0 unspecified atom stereocenters. The Labute approximate surface area is 127 Å². The molecule has 0 aliphatic heterocycles. The van der Waals surface area contributed by atoms with Gasteiger partial charge in [0, 0.05) is 22.3 Å². The van der Waals surface area contributed by atoms with Crippen LogP contribution >= 0.6 is 23.2 Å². The predicted molar refractivity (Wildman–Crippen MR) is 81.6 cm³/mol. The fraction of sp³-hybridized carbons (Fsp3) is 0.133. The minimum atomic E-state index is -0.890. The van der Waals surface area contributed by atoms with Gasteiger partial charge in [-0.1, -0.05) is 41.4 Å². The van der Waals surface area contributed by atoms with Crippen LogP contribution in [0.15, 0.2) is 48.5 Å². The molecule has 0 saturated carbocycles. The van der Waals surface area contributed by atoms with E-state index in [9.17, 15) is 4.79 Å². The molecule has 20 heavy (non-hydrogen) atoms. The van der Waals surface area contributed by atoms with E-state index in [0.717, 1.165) is 11.3 Å². The highest BCUT2D eigenvalue weighted by molar-refractivity contribution is 6.31. The van der Waals surface area contributed by atoms with Crippen LogP contribution in [0.4, 0.5) is 5.69 Å². The van der Waals surface area contributed by atoms with Crippen molar-refractivity contribution >= 4 is 34.9 Å². The van der Waals surface area contributed by atoms with Gasteiger partial charge in [0.1, 0.15) is 6.54 Å². The third-order valence-electron chi connectivity index (χ3n) is 2.79. The Morgan fingerprint density at radius 2 is 1.75 bits per heavy atom. The summed E-state index contributed by atoms with van der Waals surface area (Å²) in [6, 6.07) is 14.5. The number of carboxylic acids is 1. The largest absolute Gasteiger partial charge is 0.480 e. The molecule has 0 fully saturated rings. The second-order valence-electron chi connectivity index (χ2n) is 4.36. The number of benzene rings is 2. The van der Waals surface area contributed by atoms with Crippen molar-refractivity contribution in [2.24, 2.45) is 0 Å². The molecular weight excluding hydrogens is 297 g/mol. The average molecular weight is 310 g/mol. The van der Waals surface area contributed by atoms with Gasteiger partial charge >= 0.3 is 5.97 Å². The molecule has 2 aromatic rings. The molecule has 2 rings (SSSR count). The molecular formula is C15H13Cl2NO2. The molecule has 2 aromatic carbocycles. The first-order valence-corrected chi connectivity index (χ1v) is 6.77. The van der Waals surface area contributed by atoms with E-state index in [-0.39, 0.29) is 6.54 Å². The minimum Gasteiger partial charge on any atom is -0.480 e. The van der Waals surface area contributed by atoms with E-state index >= 15 is 0 Å². The maximum absolute atomic E-state index is 11.0. The van der Waals surface area contributed by atoms with Gasteiger partial charge in [-0.15, -0.1) is 0 Å². The number of hydrogen-bond donors (Lipinski definition) is 1. The number of carboxylic acid groups (broad SMARTS) is 1. The highest BCUT2D eigenvalue weighted by Gasteiger charge is 2.11. The molecule has 0 atom stereocenters. The lowest BCUT2D eigenvalue weighted by molar-refractivity contribution is -0.135. The van der Waals surface area contributed by atoms with Gasteiger partial charge in [-0.05, 0) is 35.9 Å². The van der Waals surface area contributed by atoms with Crippen LogP contribution in [-0.2, 0) is 11.3 Å². The summed E-state index contributed by atoms with van der Waals surface area (Å²) in [6.07, 6.45) is 0. The van der Waals surface area contributed by atoms with Gasteiger partial charge in [-0.2, -0.15) is 0 Å². The molecule has 0 heterocycles. The van der Waals surface area contributed by atoms with Crippen LogP contribution in [0.1, 0.15) is 5.56 Å². The lowest BCUT2D eigenvalue weighted by atomic mass is 10.2. The van der Waals surface area contributed by atoms with E-state index in [1.165, 1.54) is 0 Å². The zero-order valence-corrected chi connectivity index (χ0v) is 12.1. The van der Waals surface area contributed by atoms with Crippen LogP contribution < -0.4 is 4.90 Å². The van der Waals surface area contributed by atoms with Crippen LogP contribution in [0, 0.1) is 0 Å². The Morgan fingerprint density at radius 3 is 2.35 bits per heavy atom. The van der Waals surface area contributed by atoms with Crippen molar-refractivity contribution in [3.05, 3.63) is 64.1 Å². The SMILES string of the molecule is O=C(O)CN(Cc1ccc(Cl)cc1)c1cccc(Cl)c1. The fourth-order valence-corrected chi connectivity index (χ4v) is 2.20. The van der Waals surface area contributed by atoms with E-state index in [2.05, 4.69) is 0 Å². The summed E-state index contributed by atoms with van der Waals surface area (Å²) in [7, 11) is 0. The summed E-state index contributed by atoms with van der Waals surface area (Å²) >= 11 is 11.8. The molecule has 3 nitrogen and oxygen atoms in total. The Bertz CT molecular complexity index is 599. The van der Waals surface area contributed by atoms with Gasteiger partial charge < -0.3 is 10.0 Å². The van der Waals surface area contributed by atoms with Gasteiger partial charge in [0.15, 0.2) is 0 Å². The molecule has 104 valence electrons. The zero-order chi connectivity index (χ0) is 14.5. The normalized spacial score (nSPS) is 10.3. The second kappa shape index (κ2) is 6.64. The summed E-state index contributed by atoms with van der Waals surface area (Å²) in [5, 5.41) is 10.3. The Balaban J connectivity index is 2.23. The maximum atomic E-state index is 11.0. The van der Waals surface area contributed by atoms with Crippen LogP contribution in [0.2, 0.25) is 10.0 Å². The van der Waals surface area contributed by atoms with Gasteiger partial charge in [0.2, 0.25) is 0 Å². The molecule has 0 aliphatic carbocycles. The lowest BCUT2D eigenvalue weighted by Crippen LogP contribution is -2.29. The van der Waals surface area contributed by atoms with Crippen LogP contribution in [0.3, 0.4) is 0 Å². The first-order valence-electron chi connectivity index (χ1n) is 6.01. The first kappa shape index (κ1) is 14.7. The van der Waals surface area contributed by atoms with E-state index in [1.54, 1.807) is 35.2 Å². The molecule has 0 spiro atoms. The van der Waals surface area contributed by atoms with E-state index in [0.29, 0.717) is 16.6 Å². The predicted octanol–water partition coefficient (Wildman–Crippen LogP) is 4.08. The summed E-state index contributed by atoms with van der Waals surface area (Å²) in [5.41, 5.74) is 1.76. The monoisotopic (exact) mass is 309 g/mol. The van der Waals surface area contributed by atoms with Crippen molar-refractivity contribution < 1.29 is 9.90 Å². The van der Waals surface area contributed by atoms with Crippen molar-refractivity contribution in [2.75, 3.05) is 11.4 Å². The summed E-state index contributed by atoms with van der Waals surface area (Å²) in [6.45, 7) is 0.382. The van der Waals surface area contributed by atoms with E-state index in [1.807, 2.05) is 18.2 Å². The highest BCUT2D eigenvalue weighted by Crippen LogP contribution is 2.21. The molecule has 0 amide bonds. The third-order valence-corrected chi connectivity index (χ3v) is 3.27. The quantitative estimate of drug-likeness (QED) is 0.904. The molecule has 0 bridgehead atoms. The lowest BCUT2D eigenvalue weighted by Gasteiger charge is -2.23. The van der Waals surface area contributed by atoms with E-state index < -0.39 is 5.97 Å². The maximum Gasteiger partial charge on any atom is 0.323 e. The minimum absolute atomic E-state index is 0.0943. The van der Waals surface area contributed by atoms with Gasteiger partial charge in [0.05, 0.1) is 0 Å². The van der Waals surface area contributed by atoms with Gasteiger partial charge in [-0.3, -0.25) is 4.79 Å². The van der Waals surface area contributed by atoms with Gasteiger partial charge in [0.25, 0.3) is 0 Å². The molecule has 1 N–H and O–H groups in total. The van der Waals surface area contributed by atoms with Crippen molar-refractivity contribution in [1.29, 1.82) is 0 Å². The second-order valence-corrected chi connectivity index (χ2v) is 5.23. The standard InChI is InChI=1S/C15H13Cl2NO2/c16-12-6-4-11(5-7-12)9-18(10-15(19)20)14-3-1-2-13(17)8-14/h1-8H,9-10H2,(H,19,20). The zero-order valence-electron chi connectivity index (χ0n) is 10.6. The molecule has 0 aliphatic rings. The van der Waals surface area contributed by atoms with Crippen molar-refractivity contribution in [2.45, 2.75) is 6.54 Å². The first-order chi connectivity index (χ1) is 9.54. The molecule has 0 saturated heterocycles. The number of carbonyl (C=O) groups is 1. The molecule has 0 radical (unpaired) electrons. The number of rotatable bonds is 5. The average Bonchev–Trinajstić information content (AvgIpc) is 2.40. The third kappa shape index (κ3) is 4.15. The smallest absolute Gasteiger partial charge is 0.323 e. The molecule has 5 heteroatoms. The van der Waals surface area contributed by atoms with Crippen molar-refractivity contribution in [3.8, 4) is 0 Å². The number of aliphatic carboxylic acids is 1. The Morgan fingerprint density at radius 1 is 1.05 bits per heavy atom. The summed E-state index contributed by atoms with van der Waals surface area (Å²) in [4.78, 5) is 12.8. The van der Waals surface area contributed by atoms with Crippen molar-refractivity contribution in [1.82, 2.24) is 0 Å².